The second kappa shape index (κ2) is 10.6. The maximum atomic E-state index is 12.5. The van der Waals surface area contributed by atoms with Gasteiger partial charge >= 0.3 is 0 Å². The van der Waals surface area contributed by atoms with Crippen LogP contribution in [0.3, 0.4) is 0 Å². The number of hydrogen-bond acceptors (Lipinski definition) is 4. The number of ether oxygens (including phenoxy) is 1. The molecule has 32 heavy (non-hydrogen) atoms. The van der Waals surface area contributed by atoms with Crippen molar-refractivity contribution in [2.24, 2.45) is 5.92 Å². The van der Waals surface area contributed by atoms with Gasteiger partial charge in [-0.3, -0.25) is 14.5 Å². The number of carbonyl (C=O) groups excluding carboxylic acids is 2. The fourth-order valence-electron chi connectivity index (χ4n) is 4.53. The van der Waals surface area contributed by atoms with Crippen molar-refractivity contribution in [1.29, 1.82) is 0 Å². The number of benzene rings is 2. The van der Waals surface area contributed by atoms with Gasteiger partial charge in [0, 0.05) is 25.2 Å². The molecule has 0 radical (unpaired) electrons. The predicted molar refractivity (Wildman–Crippen MR) is 126 cm³/mol. The maximum Gasteiger partial charge on any atom is 0.258 e. The van der Waals surface area contributed by atoms with E-state index < -0.39 is 0 Å². The molecule has 6 heteroatoms. The van der Waals surface area contributed by atoms with Gasteiger partial charge in [-0.05, 0) is 68.1 Å². The van der Waals surface area contributed by atoms with E-state index in [4.69, 9.17) is 4.74 Å². The zero-order chi connectivity index (χ0) is 22.3. The fourth-order valence-corrected chi connectivity index (χ4v) is 4.53. The molecule has 2 heterocycles. The summed E-state index contributed by atoms with van der Waals surface area (Å²) in [7, 11) is 0. The van der Waals surface area contributed by atoms with Crippen LogP contribution in [0.5, 0.6) is 5.75 Å². The zero-order valence-corrected chi connectivity index (χ0v) is 18.8. The van der Waals surface area contributed by atoms with E-state index in [2.05, 4.69) is 41.4 Å². The quantitative estimate of drug-likeness (QED) is 0.686. The average Bonchev–Trinajstić information content (AvgIpc) is 3.26. The minimum Gasteiger partial charge on any atom is -0.484 e. The summed E-state index contributed by atoms with van der Waals surface area (Å²) in [6, 6.07) is 18.0. The van der Waals surface area contributed by atoms with Crippen LogP contribution in [-0.4, -0.2) is 49.5 Å². The van der Waals surface area contributed by atoms with E-state index in [-0.39, 0.29) is 24.5 Å². The van der Waals surface area contributed by atoms with Crippen LogP contribution in [0.2, 0.25) is 0 Å². The molecule has 2 aliphatic rings. The SMILES string of the molecule is CC1CCN(C(CNC(=O)COc2ccc(N3CCCC3=O)cc2)c2ccccc2)CC1. The molecular formula is C26H33N3O3. The van der Waals surface area contributed by atoms with E-state index in [0.717, 1.165) is 37.7 Å². The smallest absolute Gasteiger partial charge is 0.258 e. The molecule has 1 atom stereocenters. The molecule has 0 aromatic heterocycles. The van der Waals surface area contributed by atoms with Crippen molar-refractivity contribution in [2.75, 3.05) is 37.7 Å². The first-order chi connectivity index (χ1) is 15.6. The van der Waals surface area contributed by atoms with Crippen LogP contribution in [0.1, 0.15) is 44.2 Å². The molecule has 2 saturated heterocycles. The second-order valence-electron chi connectivity index (χ2n) is 8.88. The van der Waals surface area contributed by atoms with Gasteiger partial charge in [0.1, 0.15) is 5.75 Å². The van der Waals surface area contributed by atoms with Crippen LogP contribution in [0, 0.1) is 5.92 Å². The van der Waals surface area contributed by atoms with Crippen molar-refractivity contribution in [3.05, 3.63) is 60.2 Å². The predicted octanol–water partition coefficient (Wildman–Crippen LogP) is 3.78. The molecule has 2 aromatic carbocycles. The van der Waals surface area contributed by atoms with Crippen LogP contribution in [-0.2, 0) is 9.59 Å². The van der Waals surface area contributed by atoms with Crippen LogP contribution in [0.15, 0.2) is 54.6 Å². The zero-order valence-electron chi connectivity index (χ0n) is 18.8. The van der Waals surface area contributed by atoms with E-state index in [1.807, 2.05) is 30.3 Å². The summed E-state index contributed by atoms with van der Waals surface area (Å²) >= 11 is 0. The summed E-state index contributed by atoms with van der Waals surface area (Å²) in [5.41, 5.74) is 2.11. The Kier molecular flexibility index (Phi) is 7.43. The Balaban J connectivity index is 1.29. The molecule has 0 bridgehead atoms. The molecule has 0 saturated carbocycles. The Morgan fingerprint density at radius 1 is 1.06 bits per heavy atom. The minimum atomic E-state index is -0.130. The van der Waals surface area contributed by atoms with Gasteiger partial charge in [-0.15, -0.1) is 0 Å². The molecule has 170 valence electrons. The van der Waals surface area contributed by atoms with Gasteiger partial charge < -0.3 is 15.0 Å². The molecule has 0 spiro atoms. The minimum absolute atomic E-state index is 0.0272. The van der Waals surface area contributed by atoms with Crippen LogP contribution in [0.25, 0.3) is 0 Å². The first kappa shape index (κ1) is 22.3. The highest BCUT2D eigenvalue weighted by Crippen LogP contribution is 2.27. The van der Waals surface area contributed by atoms with Gasteiger partial charge in [0.15, 0.2) is 6.61 Å². The van der Waals surface area contributed by atoms with Crippen molar-refractivity contribution in [3.63, 3.8) is 0 Å². The second-order valence-corrected chi connectivity index (χ2v) is 8.88. The largest absolute Gasteiger partial charge is 0.484 e. The highest BCUT2D eigenvalue weighted by Gasteiger charge is 2.25. The van der Waals surface area contributed by atoms with E-state index in [9.17, 15) is 9.59 Å². The molecule has 1 N–H and O–H groups in total. The van der Waals surface area contributed by atoms with Crippen molar-refractivity contribution in [3.8, 4) is 5.75 Å². The van der Waals surface area contributed by atoms with Gasteiger partial charge in [0.05, 0.1) is 6.04 Å². The van der Waals surface area contributed by atoms with Gasteiger partial charge in [-0.1, -0.05) is 37.3 Å². The molecule has 1 unspecified atom stereocenters. The molecule has 0 aliphatic carbocycles. The third-order valence-electron chi connectivity index (χ3n) is 6.53. The number of piperidine rings is 1. The van der Waals surface area contributed by atoms with Gasteiger partial charge in [0.2, 0.25) is 5.91 Å². The molecule has 6 nitrogen and oxygen atoms in total. The summed E-state index contributed by atoms with van der Waals surface area (Å²) in [6.45, 7) is 5.72. The van der Waals surface area contributed by atoms with E-state index in [1.54, 1.807) is 4.90 Å². The van der Waals surface area contributed by atoms with E-state index >= 15 is 0 Å². The summed E-state index contributed by atoms with van der Waals surface area (Å²) in [4.78, 5) is 28.6. The van der Waals surface area contributed by atoms with E-state index in [1.165, 1.54) is 18.4 Å². The normalized spacial score (nSPS) is 18.5. The van der Waals surface area contributed by atoms with Crippen molar-refractivity contribution in [1.82, 2.24) is 10.2 Å². The number of likely N-dealkylation sites (tertiary alicyclic amines) is 1. The van der Waals surface area contributed by atoms with Crippen molar-refractivity contribution >= 4 is 17.5 Å². The van der Waals surface area contributed by atoms with Crippen LogP contribution < -0.4 is 15.0 Å². The first-order valence-electron chi connectivity index (χ1n) is 11.7. The van der Waals surface area contributed by atoms with Gasteiger partial charge in [-0.2, -0.15) is 0 Å². The molecule has 2 amide bonds. The number of carbonyl (C=O) groups is 2. The van der Waals surface area contributed by atoms with Gasteiger partial charge in [-0.25, -0.2) is 0 Å². The highest BCUT2D eigenvalue weighted by atomic mass is 16.5. The standard InChI is InChI=1S/C26H33N3O3/c1-20-13-16-28(17-14-20)24(21-6-3-2-4-7-21)18-27-25(30)19-32-23-11-9-22(10-12-23)29-15-5-8-26(29)31/h2-4,6-7,9-12,20,24H,5,8,13-19H2,1H3,(H,27,30). The number of hydrogen-bond donors (Lipinski definition) is 1. The van der Waals surface area contributed by atoms with E-state index in [0.29, 0.717) is 18.7 Å². The average molecular weight is 436 g/mol. The molecular weight excluding hydrogens is 402 g/mol. The number of anilines is 1. The van der Waals surface area contributed by atoms with Gasteiger partial charge in [0.25, 0.3) is 5.91 Å². The number of nitrogens with one attached hydrogen (secondary N) is 1. The number of nitrogens with zero attached hydrogens (tertiary/aromatic N) is 2. The third kappa shape index (κ3) is 5.68. The monoisotopic (exact) mass is 435 g/mol. The molecule has 2 aromatic rings. The summed E-state index contributed by atoms with van der Waals surface area (Å²) in [6.07, 6.45) is 3.90. The molecule has 2 aliphatic heterocycles. The lowest BCUT2D eigenvalue weighted by Gasteiger charge is -2.37. The maximum absolute atomic E-state index is 12.5. The third-order valence-corrected chi connectivity index (χ3v) is 6.53. The Hall–Kier alpha value is -2.86. The molecule has 2 fully saturated rings. The number of rotatable bonds is 8. The number of amides is 2. The highest BCUT2D eigenvalue weighted by molar-refractivity contribution is 5.95. The lowest BCUT2D eigenvalue weighted by atomic mass is 9.95. The summed E-state index contributed by atoms with van der Waals surface area (Å²) in [5.74, 6) is 1.42. The fraction of sp³-hybridized carbons (Fsp3) is 0.462. The topological polar surface area (TPSA) is 61.9 Å². The van der Waals surface area contributed by atoms with Crippen LogP contribution in [0.4, 0.5) is 5.69 Å². The van der Waals surface area contributed by atoms with Crippen molar-refractivity contribution < 1.29 is 14.3 Å². The van der Waals surface area contributed by atoms with Crippen molar-refractivity contribution in [2.45, 2.75) is 38.6 Å². The Morgan fingerprint density at radius 2 is 1.78 bits per heavy atom. The Bertz CT molecular complexity index is 892. The summed E-state index contributed by atoms with van der Waals surface area (Å²) < 4.78 is 5.68. The summed E-state index contributed by atoms with van der Waals surface area (Å²) in [5, 5.41) is 3.06. The lowest BCUT2D eigenvalue weighted by molar-refractivity contribution is -0.123. The lowest BCUT2D eigenvalue weighted by Crippen LogP contribution is -2.42. The Morgan fingerprint density at radius 3 is 2.44 bits per heavy atom. The molecule has 4 rings (SSSR count). The Labute approximate surface area is 190 Å². The van der Waals surface area contributed by atoms with Crippen LogP contribution >= 0.6 is 0 Å². The first-order valence-corrected chi connectivity index (χ1v) is 11.7.